The molecule has 3 aliphatic rings. The fourth-order valence-electron chi connectivity index (χ4n) is 7.33. The van der Waals surface area contributed by atoms with Crippen LogP contribution in [0.1, 0.15) is 92.5 Å². The molecule has 1 aromatic heterocycles. The number of aryl methyl sites for hydroxylation is 1. The van der Waals surface area contributed by atoms with E-state index in [1.165, 1.54) is 79.8 Å². The summed E-state index contributed by atoms with van der Waals surface area (Å²) in [6.07, 6.45) is 10.8. The molecule has 1 aliphatic heterocycles. The van der Waals surface area contributed by atoms with E-state index in [-0.39, 0.29) is 5.41 Å². The number of para-hydroxylation sites is 2. The first-order valence-electron chi connectivity index (χ1n) is 12.5. The summed E-state index contributed by atoms with van der Waals surface area (Å²) in [6, 6.07) is 18.3. The number of hydrogen-bond donors (Lipinski definition) is 0. The topological polar surface area (TPSA) is 8.81 Å². The van der Waals surface area contributed by atoms with Gasteiger partial charge in [0.2, 0.25) is 0 Å². The molecule has 1 atom stereocenters. The van der Waals surface area contributed by atoms with Gasteiger partial charge in [0.1, 0.15) is 17.1 Å². The van der Waals surface area contributed by atoms with E-state index in [9.17, 15) is 0 Å². The highest BCUT2D eigenvalue weighted by Gasteiger charge is 2.55. The van der Waals surface area contributed by atoms with Gasteiger partial charge in [-0.05, 0) is 63.1 Å². The van der Waals surface area contributed by atoms with Crippen molar-refractivity contribution in [1.29, 1.82) is 0 Å². The summed E-state index contributed by atoms with van der Waals surface area (Å²) in [5, 5.41) is 0. The maximum atomic E-state index is 2.73. The van der Waals surface area contributed by atoms with E-state index in [2.05, 4.69) is 78.4 Å². The van der Waals surface area contributed by atoms with Crippen molar-refractivity contribution in [3.05, 3.63) is 76.9 Å². The van der Waals surface area contributed by atoms with Crippen molar-refractivity contribution in [1.82, 2.24) is 4.57 Å². The van der Waals surface area contributed by atoms with Crippen molar-refractivity contribution in [3.8, 4) is 11.4 Å². The Morgan fingerprint density at radius 3 is 2.23 bits per heavy atom. The summed E-state index contributed by atoms with van der Waals surface area (Å²) in [4.78, 5) is 0. The number of nitrogens with zero attached hydrogens (tertiary/aromatic N) is 2. The molecule has 160 valence electrons. The van der Waals surface area contributed by atoms with Gasteiger partial charge in [-0.2, -0.15) is 9.13 Å². The van der Waals surface area contributed by atoms with Crippen molar-refractivity contribution in [2.24, 2.45) is 5.92 Å². The Kier molecular flexibility index (Phi) is 4.42. The average molecular weight is 412 g/mol. The second-order valence-corrected chi connectivity index (χ2v) is 10.4. The average Bonchev–Trinajstić information content (AvgIpc) is 3.56. The van der Waals surface area contributed by atoms with Crippen LogP contribution in [-0.2, 0) is 5.41 Å². The lowest BCUT2D eigenvalue weighted by molar-refractivity contribution is -0.609. The maximum Gasteiger partial charge on any atom is 0.270 e. The van der Waals surface area contributed by atoms with Gasteiger partial charge in [-0.25, -0.2) is 0 Å². The van der Waals surface area contributed by atoms with Gasteiger partial charge in [0.05, 0.1) is 11.3 Å². The minimum Gasteiger partial charge on any atom is -0.196 e. The summed E-state index contributed by atoms with van der Waals surface area (Å²) in [5.41, 5.74) is 8.90. The number of aromatic nitrogens is 2. The van der Waals surface area contributed by atoms with Crippen LogP contribution in [0.4, 0.5) is 0 Å². The lowest BCUT2D eigenvalue weighted by Crippen LogP contribution is -2.40. The summed E-state index contributed by atoms with van der Waals surface area (Å²) < 4.78 is 5.38. The van der Waals surface area contributed by atoms with E-state index in [1.54, 1.807) is 11.3 Å². The molecule has 2 saturated carbocycles. The highest BCUT2D eigenvalue weighted by molar-refractivity contribution is 5.54. The van der Waals surface area contributed by atoms with E-state index < -0.39 is 0 Å². The fraction of sp³-hybridized carbons (Fsp3) is 0.483. The molecule has 0 amide bonds. The van der Waals surface area contributed by atoms with Gasteiger partial charge in [-0.15, -0.1) is 0 Å². The van der Waals surface area contributed by atoms with Crippen LogP contribution >= 0.6 is 0 Å². The molecule has 0 radical (unpaired) electrons. The quantitative estimate of drug-likeness (QED) is 0.417. The van der Waals surface area contributed by atoms with E-state index in [0.29, 0.717) is 5.92 Å². The third kappa shape index (κ3) is 2.60. The zero-order valence-electron chi connectivity index (χ0n) is 19.3. The molecule has 3 aromatic rings. The Bertz CT molecular complexity index is 1140. The van der Waals surface area contributed by atoms with E-state index in [1.807, 2.05) is 0 Å². The third-order valence-electron chi connectivity index (χ3n) is 8.80. The predicted molar refractivity (Wildman–Crippen MR) is 126 cm³/mol. The number of benzene rings is 2. The van der Waals surface area contributed by atoms with Crippen LogP contribution in [0, 0.1) is 19.8 Å². The van der Waals surface area contributed by atoms with E-state index in [0.717, 1.165) is 5.92 Å². The van der Waals surface area contributed by atoms with Crippen molar-refractivity contribution in [2.45, 2.75) is 83.5 Å². The normalized spacial score (nSPS) is 23.5. The molecule has 0 N–H and O–H groups in total. The predicted octanol–water partition coefficient (Wildman–Crippen LogP) is 6.84. The smallest absolute Gasteiger partial charge is 0.196 e. The Balaban J connectivity index is 1.71. The molecular formula is C29H35N2+. The standard InChI is InChI=1S/C29H35N2/c1-20-12-4-10-18-25(20)30-21(2)27-29(3,23-15-7-8-16-23)24-17-9-11-19-26(24)31(27)28(30)22-13-5-6-14-22/h4,9-12,17-19,22-23H,5-8,13-16H2,1-3H3/q+1. The first-order valence-corrected chi connectivity index (χ1v) is 12.5. The molecule has 2 aromatic carbocycles. The lowest BCUT2D eigenvalue weighted by atomic mass is 9.69. The van der Waals surface area contributed by atoms with Crippen LogP contribution in [0.25, 0.3) is 11.4 Å². The van der Waals surface area contributed by atoms with Gasteiger partial charge in [-0.1, -0.05) is 62.1 Å². The summed E-state index contributed by atoms with van der Waals surface area (Å²) >= 11 is 0. The van der Waals surface area contributed by atoms with Gasteiger partial charge in [0.15, 0.2) is 5.69 Å². The minimum absolute atomic E-state index is 0.110. The molecule has 0 spiro atoms. The number of hydrogen-bond acceptors (Lipinski definition) is 0. The lowest BCUT2D eigenvalue weighted by Gasteiger charge is -2.30. The van der Waals surface area contributed by atoms with Gasteiger partial charge in [0, 0.05) is 12.5 Å². The van der Waals surface area contributed by atoms with Crippen LogP contribution in [0.5, 0.6) is 0 Å². The first kappa shape index (κ1) is 19.3. The molecule has 0 bridgehead atoms. The largest absolute Gasteiger partial charge is 0.270 e. The van der Waals surface area contributed by atoms with Gasteiger partial charge < -0.3 is 0 Å². The summed E-state index contributed by atoms with van der Waals surface area (Å²) in [7, 11) is 0. The third-order valence-corrected chi connectivity index (χ3v) is 8.80. The van der Waals surface area contributed by atoms with Crippen molar-refractivity contribution in [2.75, 3.05) is 0 Å². The van der Waals surface area contributed by atoms with Crippen molar-refractivity contribution in [3.63, 3.8) is 0 Å². The molecule has 2 nitrogen and oxygen atoms in total. The number of rotatable bonds is 3. The molecule has 2 heteroatoms. The zero-order valence-corrected chi connectivity index (χ0v) is 19.3. The van der Waals surface area contributed by atoms with Crippen LogP contribution in [-0.4, -0.2) is 4.57 Å². The summed E-state index contributed by atoms with van der Waals surface area (Å²) in [6.45, 7) is 7.23. The molecule has 2 heterocycles. The monoisotopic (exact) mass is 411 g/mol. The Hall–Kier alpha value is -2.35. The van der Waals surface area contributed by atoms with Crippen LogP contribution < -0.4 is 4.57 Å². The van der Waals surface area contributed by atoms with Crippen LogP contribution in [0.15, 0.2) is 48.5 Å². The highest BCUT2D eigenvalue weighted by atomic mass is 15.2. The molecule has 0 saturated heterocycles. The molecule has 2 aliphatic carbocycles. The van der Waals surface area contributed by atoms with E-state index >= 15 is 0 Å². The number of fused-ring (bicyclic) bond motifs is 3. The number of imidazole rings is 1. The molecule has 2 fully saturated rings. The SMILES string of the molecule is Cc1ccccc1-n1c(C)c2[n+](c1C1CCCC1)-c1ccccc1C2(C)C1CCCC1. The Morgan fingerprint density at radius 1 is 0.839 bits per heavy atom. The second kappa shape index (κ2) is 7.08. The first-order chi connectivity index (χ1) is 15.1. The zero-order chi connectivity index (χ0) is 21.2. The summed E-state index contributed by atoms with van der Waals surface area (Å²) in [5.74, 6) is 2.92. The molecular weight excluding hydrogens is 376 g/mol. The highest BCUT2D eigenvalue weighted by Crippen LogP contribution is 2.52. The molecule has 6 rings (SSSR count). The van der Waals surface area contributed by atoms with Gasteiger partial charge in [0.25, 0.3) is 5.82 Å². The van der Waals surface area contributed by atoms with Crippen LogP contribution in [0.2, 0.25) is 0 Å². The van der Waals surface area contributed by atoms with Crippen LogP contribution in [0.3, 0.4) is 0 Å². The molecule has 1 unspecified atom stereocenters. The van der Waals surface area contributed by atoms with Gasteiger partial charge >= 0.3 is 0 Å². The minimum atomic E-state index is 0.110. The van der Waals surface area contributed by atoms with E-state index in [4.69, 9.17) is 0 Å². The van der Waals surface area contributed by atoms with Crippen molar-refractivity contribution >= 4 is 0 Å². The second-order valence-electron chi connectivity index (χ2n) is 10.4. The van der Waals surface area contributed by atoms with Gasteiger partial charge in [-0.3, -0.25) is 0 Å². The van der Waals surface area contributed by atoms with Crippen molar-refractivity contribution < 1.29 is 4.57 Å². The Labute approximate surface area is 186 Å². The Morgan fingerprint density at radius 2 is 1.48 bits per heavy atom. The molecule has 31 heavy (non-hydrogen) atoms. The fourth-order valence-corrected chi connectivity index (χ4v) is 7.33. The maximum absolute atomic E-state index is 2.73.